The Morgan fingerprint density at radius 1 is 1.38 bits per heavy atom. The number of pyridine rings is 2. The topological polar surface area (TPSA) is 63.8 Å². The second-order valence-corrected chi connectivity index (χ2v) is 3.04. The van der Waals surface area contributed by atoms with Crippen LogP contribution < -0.4 is 11.1 Å². The molecule has 0 radical (unpaired) electrons. The highest BCUT2D eigenvalue weighted by Gasteiger charge is 2.05. The summed E-state index contributed by atoms with van der Waals surface area (Å²) >= 11 is 5.59. The number of fused-ring (bicyclic) bond motifs is 1. The smallest absolute Gasteiger partial charge is 0.114 e. The Morgan fingerprint density at radius 2 is 2.12 bits per heavy atom. The second kappa shape index (κ2) is 6.12. The Morgan fingerprint density at radius 3 is 2.81 bits per heavy atom. The zero-order chi connectivity index (χ0) is 12.0. The van der Waals surface area contributed by atoms with Gasteiger partial charge in [0.15, 0.2) is 0 Å². The molecular weight excluding hydrogens is 224 g/mol. The number of aromatic nitrogens is 2. The lowest BCUT2D eigenvalue weighted by molar-refractivity contribution is 1.32. The summed E-state index contributed by atoms with van der Waals surface area (Å²) < 4.78 is 0. The average Bonchev–Trinajstić information content (AvgIpc) is 2.35. The van der Waals surface area contributed by atoms with Crippen molar-refractivity contribution in [2.24, 2.45) is 0 Å². The van der Waals surface area contributed by atoms with Crippen molar-refractivity contribution >= 4 is 34.0 Å². The maximum Gasteiger partial charge on any atom is 0.114 e. The first kappa shape index (κ1) is 12.5. The van der Waals surface area contributed by atoms with Crippen LogP contribution in [0.2, 0.25) is 0 Å². The molecule has 0 amide bonds. The monoisotopic (exact) mass is 238 g/mol. The van der Waals surface area contributed by atoms with Crippen LogP contribution in [0, 0.1) is 0 Å². The minimum absolute atomic E-state index is 0.292. The Bertz CT molecular complexity index is 459. The van der Waals surface area contributed by atoms with Gasteiger partial charge >= 0.3 is 0 Å². The van der Waals surface area contributed by atoms with Crippen molar-refractivity contribution in [3.05, 3.63) is 24.5 Å². The average molecular weight is 239 g/mol. The van der Waals surface area contributed by atoms with Crippen LogP contribution in [-0.2, 0) is 0 Å². The number of halogens is 1. The summed E-state index contributed by atoms with van der Waals surface area (Å²) in [5, 5.41) is 2.96. The van der Waals surface area contributed by atoms with E-state index in [-0.39, 0.29) is 0 Å². The first-order valence-corrected chi connectivity index (χ1v) is 5.65. The van der Waals surface area contributed by atoms with Crippen LogP contribution in [0.15, 0.2) is 24.5 Å². The Kier molecular flexibility index (Phi) is 4.79. The van der Waals surface area contributed by atoms with Crippen LogP contribution in [0.25, 0.3) is 11.0 Å². The summed E-state index contributed by atoms with van der Waals surface area (Å²) in [6.07, 6.45) is 3.29. The third-order valence-corrected chi connectivity index (χ3v) is 2.03. The number of nitrogens with one attached hydrogen (secondary N) is 1. The van der Waals surface area contributed by atoms with Gasteiger partial charge in [0.25, 0.3) is 0 Å². The number of anilines is 2. The molecule has 5 heteroatoms. The Hall–Kier alpha value is -1.55. The van der Waals surface area contributed by atoms with Gasteiger partial charge in [-0.15, -0.1) is 11.6 Å². The van der Waals surface area contributed by atoms with Crippen LogP contribution in [0.4, 0.5) is 11.4 Å². The molecule has 0 aliphatic carbocycles. The number of nitrogen functional groups attached to an aromatic ring is 1. The summed E-state index contributed by atoms with van der Waals surface area (Å²) in [5.74, 6) is 0. The van der Waals surface area contributed by atoms with Gasteiger partial charge in [-0.2, -0.15) is 0 Å². The molecule has 0 unspecified atom stereocenters. The van der Waals surface area contributed by atoms with Gasteiger partial charge in [0.1, 0.15) is 5.52 Å². The van der Waals surface area contributed by atoms with Gasteiger partial charge < -0.3 is 11.1 Å². The Labute approximate surface area is 99.8 Å². The van der Waals surface area contributed by atoms with E-state index in [4.69, 9.17) is 17.3 Å². The standard InChI is InChI=1S/C9H9ClN4.C2H6/c10-5-14-8-6(11)4-13-7-2-1-3-12-9(7)8;1-2/h1-4H,5,11H2,(H,13,14);1-2H3. The zero-order valence-electron chi connectivity index (χ0n) is 9.37. The lowest BCUT2D eigenvalue weighted by Gasteiger charge is -2.08. The predicted molar refractivity (Wildman–Crippen MR) is 69.6 cm³/mol. The third-order valence-electron chi connectivity index (χ3n) is 1.90. The van der Waals surface area contributed by atoms with E-state index < -0.39 is 0 Å². The number of rotatable bonds is 2. The molecule has 0 atom stereocenters. The van der Waals surface area contributed by atoms with E-state index >= 15 is 0 Å². The van der Waals surface area contributed by atoms with Gasteiger partial charge in [0.05, 0.1) is 29.1 Å². The van der Waals surface area contributed by atoms with E-state index in [9.17, 15) is 0 Å². The van der Waals surface area contributed by atoms with Crippen molar-refractivity contribution in [1.29, 1.82) is 0 Å². The van der Waals surface area contributed by atoms with Crippen molar-refractivity contribution in [1.82, 2.24) is 9.97 Å². The fraction of sp³-hybridized carbons (Fsp3) is 0.273. The minimum Gasteiger partial charge on any atom is -0.396 e. The van der Waals surface area contributed by atoms with E-state index in [1.807, 2.05) is 26.0 Å². The van der Waals surface area contributed by atoms with Crippen LogP contribution in [0.3, 0.4) is 0 Å². The van der Waals surface area contributed by atoms with Gasteiger partial charge in [-0.3, -0.25) is 9.97 Å². The largest absolute Gasteiger partial charge is 0.396 e. The molecular formula is C11H15ClN4. The molecule has 0 saturated heterocycles. The molecule has 2 rings (SSSR count). The fourth-order valence-corrected chi connectivity index (χ4v) is 1.42. The van der Waals surface area contributed by atoms with Gasteiger partial charge in [-0.05, 0) is 12.1 Å². The van der Waals surface area contributed by atoms with Crippen molar-refractivity contribution in [3.8, 4) is 0 Å². The van der Waals surface area contributed by atoms with E-state index in [0.717, 1.165) is 16.7 Å². The van der Waals surface area contributed by atoms with Gasteiger partial charge in [-0.1, -0.05) is 13.8 Å². The lowest BCUT2D eigenvalue weighted by atomic mass is 10.2. The molecule has 16 heavy (non-hydrogen) atoms. The van der Waals surface area contributed by atoms with Gasteiger partial charge in [-0.25, -0.2) is 0 Å². The quantitative estimate of drug-likeness (QED) is 0.624. The summed E-state index contributed by atoms with van der Waals surface area (Å²) in [7, 11) is 0. The van der Waals surface area contributed by atoms with E-state index in [1.54, 1.807) is 12.4 Å². The molecule has 0 saturated carbocycles. The number of nitrogens with two attached hydrogens (primary N) is 1. The van der Waals surface area contributed by atoms with Crippen molar-refractivity contribution in [3.63, 3.8) is 0 Å². The second-order valence-electron chi connectivity index (χ2n) is 2.77. The highest BCUT2D eigenvalue weighted by atomic mass is 35.5. The van der Waals surface area contributed by atoms with Crippen LogP contribution >= 0.6 is 11.6 Å². The first-order valence-electron chi connectivity index (χ1n) is 5.12. The minimum atomic E-state index is 0.292. The highest BCUT2D eigenvalue weighted by Crippen LogP contribution is 2.25. The van der Waals surface area contributed by atoms with Crippen molar-refractivity contribution in [2.45, 2.75) is 13.8 Å². The summed E-state index contributed by atoms with van der Waals surface area (Å²) in [4.78, 5) is 8.35. The molecule has 0 aromatic carbocycles. The molecule has 3 N–H and O–H groups in total. The van der Waals surface area contributed by atoms with Gasteiger partial charge in [0, 0.05) is 6.20 Å². The molecule has 2 aromatic heterocycles. The maximum absolute atomic E-state index is 5.75. The molecule has 0 spiro atoms. The molecule has 0 bridgehead atoms. The van der Waals surface area contributed by atoms with E-state index in [2.05, 4.69) is 15.3 Å². The molecule has 4 nitrogen and oxygen atoms in total. The summed E-state index contributed by atoms with van der Waals surface area (Å²) in [6.45, 7) is 4.00. The normalized spacial score (nSPS) is 9.44. The molecule has 2 aromatic rings. The SMILES string of the molecule is CC.Nc1cnc2cccnc2c1NCCl. The molecule has 86 valence electrons. The zero-order valence-corrected chi connectivity index (χ0v) is 10.1. The van der Waals surface area contributed by atoms with E-state index in [0.29, 0.717) is 11.7 Å². The number of alkyl halides is 1. The lowest BCUT2D eigenvalue weighted by Crippen LogP contribution is -2.02. The van der Waals surface area contributed by atoms with Crippen molar-refractivity contribution in [2.75, 3.05) is 17.1 Å². The number of hydrogen-bond acceptors (Lipinski definition) is 4. The van der Waals surface area contributed by atoms with Crippen LogP contribution in [0.1, 0.15) is 13.8 Å². The third kappa shape index (κ3) is 2.52. The molecule has 2 heterocycles. The highest BCUT2D eigenvalue weighted by molar-refractivity contribution is 6.19. The summed E-state index contributed by atoms with van der Waals surface area (Å²) in [5.41, 5.74) is 8.59. The molecule has 0 aliphatic rings. The maximum atomic E-state index is 5.75. The van der Waals surface area contributed by atoms with Gasteiger partial charge in [0.2, 0.25) is 0 Å². The first-order chi connectivity index (χ1) is 7.83. The Balaban J connectivity index is 0.000000606. The predicted octanol–water partition coefficient (Wildman–Crippen LogP) is 2.85. The molecule has 0 fully saturated rings. The van der Waals surface area contributed by atoms with E-state index in [1.165, 1.54) is 0 Å². The van der Waals surface area contributed by atoms with Crippen LogP contribution in [-0.4, -0.2) is 16.0 Å². The summed E-state index contributed by atoms with van der Waals surface area (Å²) in [6, 6.07) is 4.00. The number of hydrogen-bond donors (Lipinski definition) is 2. The van der Waals surface area contributed by atoms with Crippen molar-refractivity contribution < 1.29 is 0 Å². The molecule has 0 aliphatic heterocycles. The number of nitrogens with zero attached hydrogens (tertiary/aromatic N) is 2. The fourth-order valence-electron chi connectivity index (χ4n) is 1.29. The van der Waals surface area contributed by atoms with Crippen LogP contribution in [0.5, 0.6) is 0 Å².